The standard InChI is InChI=1S/C6H14N2/c1-2-6(8)4-3-5-7/h2,6H,1,3-5,7-8H2. The highest BCUT2D eigenvalue weighted by atomic mass is 14.6. The van der Waals surface area contributed by atoms with Gasteiger partial charge in [-0.05, 0) is 19.4 Å². The first-order valence-electron chi connectivity index (χ1n) is 2.89. The van der Waals surface area contributed by atoms with Crippen LogP contribution < -0.4 is 11.5 Å². The zero-order chi connectivity index (χ0) is 6.41. The van der Waals surface area contributed by atoms with E-state index in [1.165, 1.54) is 0 Å². The zero-order valence-electron chi connectivity index (χ0n) is 5.14. The molecule has 0 amide bonds. The monoisotopic (exact) mass is 114 g/mol. The van der Waals surface area contributed by atoms with Gasteiger partial charge in [0.05, 0.1) is 0 Å². The van der Waals surface area contributed by atoms with E-state index in [1.54, 1.807) is 6.08 Å². The Morgan fingerprint density at radius 1 is 1.62 bits per heavy atom. The van der Waals surface area contributed by atoms with Gasteiger partial charge in [-0.1, -0.05) is 6.08 Å². The molecule has 0 spiro atoms. The van der Waals surface area contributed by atoms with Crippen molar-refractivity contribution in [1.82, 2.24) is 0 Å². The third-order valence-corrected chi connectivity index (χ3v) is 1.04. The van der Waals surface area contributed by atoms with Crippen LogP contribution >= 0.6 is 0 Å². The lowest BCUT2D eigenvalue weighted by Gasteiger charge is -2.01. The van der Waals surface area contributed by atoms with Crippen molar-refractivity contribution in [2.45, 2.75) is 18.9 Å². The van der Waals surface area contributed by atoms with Gasteiger partial charge in [0.15, 0.2) is 0 Å². The lowest BCUT2D eigenvalue weighted by Crippen LogP contribution is -2.17. The van der Waals surface area contributed by atoms with Crippen molar-refractivity contribution in [1.29, 1.82) is 0 Å². The Morgan fingerprint density at radius 3 is 2.62 bits per heavy atom. The summed E-state index contributed by atoms with van der Waals surface area (Å²) in [4.78, 5) is 0. The van der Waals surface area contributed by atoms with E-state index in [2.05, 4.69) is 6.58 Å². The van der Waals surface area contributed by atoms with Crippen molar-refractivity contribution in [3.63, 3.8) is 0 Å². The molecule has 0 aliphatic heterocycles. The summed E-state index contributed by atoms with van der Waals surface area (Å²) in [5.74, 6) is 0. The highest BCUT2D eigenvalue weighted by Gasteiger charge is 1.91. The Bertz CT molecular complexity index is 61.5. The fraction of sp³-hybridized carbons (Fsp3) is 0.667. The summed E-state index contributed by atoms with van der Waals surface area (Å²) in [5.41, 5.74) is 10.7. The molecule has 0 bridgehead atoms. The topological polar surface area (TPSA) is 52.0 Å². The van der Waals surface area contributed by atoms with E-state index >= 15 is 0 Å². The van der Waals surface area contributed by atoms with Crippen molar-refractivity contribution >= 4 is 0 Å². The Hall–Kier alpha value is -0.340. The normalized spacial score (nSPS) is 13.2. The van der Waals surface area contributed by atoms with Crippen LogP contribution in [0, 0.1) is 0 Å². The molecule has 0 radical (unpaired) electrons. The molecule has 0 saturated carbocycles. The van der Waals surface area contributed by atoms with Crippen LogP contribution in [0.4, 0.5) is 0 Å². The fourth-order valence-corrected chi connectivity index (χ4v) is 0.471. The van der Waals surface area contributed by atoms with E-state index in [0.29, 0.717) is 0 Å². The lowest BCUT2D eigenvalue weighted by atomic mass is 10.2. The Kier molecular flexibility index (Phi) is 4.61. The molecule has 0 rings (SSSR count). The third-order valence-electron chi connectivity index (χ3n) is 1.04. The molecule has 0 aliphatic rings. The quantitative estimate of drug-likeness (QED) is 0.514. The van der Waals surface area contributed by atoms with Crippen LogP contribution in [-0.2, 0) is 0 Å². The van der Waals surface area contributed by atoms with Crippen molar-refractivity contribution in [3.05, 3.63) is 12.7 Å². The molecular weight excluding hydrogens is 100 g/mol. The maximum absolute atomic E-state index is 5.49. The van der Waals surface area contributed by atoms with Crippen molar-refractivity contribution in [2.24, 2.45) is 11.5 Å². The first-order valence-corrected chi connectivity index (χ1v) is 2.89. The van der Waals surface area contributed by atoms with Crippen LogP contribution in [0.15, 0.2) is 12.7 Å². The van der Waals surface area contributed by atoms with Gasteiger partial charge in [-0.2, -0.15) is 0 Å². The zero-order valence-corrected chi connectivity index (χ0v) is 5.14. The number of rotatable bonds is 4. The molecule has 0 heterocycles. The van der Waals surface area contributed by atoms with E-state index in [9.17, 15) is 0 Å². The van der Waals surface area contributed by atoms with Crippen molar-refractivity contribution in [2.75, 3.05) is 6.54 Å². The third kappa shape index (κ3) is 3.84. The van der Waals surface area contributed by atoms with Crippen LogP contribution in [0.25, 0.3) is 0 Å². The Balaban J connectivity index is 2.98. The summed E-state index contributed by atoms with van der Waals surface area (Å²) in [6.45, 7) is 4.27. The minimum absolute atomic E-state index is 0.138. The molecule has 1 atom stereocenters. The Labute approximate surface area is 50.6 Å². The summed E-state index contributed by atoms with van der Waals surface area (Å²) in [6, 6.07) is 0.138. The molecular formula is C6H14N2. The smallest absolute Gasteiger partial charge is 0.0221 e. The van der Waals surface area contributed by atoms with E-state index in [-0.39, 0.29) is 6.04 Å². The largest absolute Gasteiger partial charge is 0.330 e. The average Bonchev–Trinajstić information content (AvgIpc) is 1.83. The number of hydrogen-bond donors (Lipinski definition) is 2. The van der Waals surface area contributed by atoms with E-state index < -0.39 is 0 Å². The predicted molar refractivity (Wildman–Crippen MR) is 36.5 cm³/mol. The van der Waals surface area contributed by atoms with Crippen LogP contribution in [-0.4, -0.2) is 12.6 Å². The minimum atomic E-state index is 0.138. The predicted octanol–water partition coefficient (Wildman–Crippen LogP) is 0.239. The molecule has 48 valence electrons. The summed E-state index contributed by atoms with van der Waals surface area (Å²) in [7, 11) is 0. The molecule has 8 heavy (non-hydrogen) atoms. The van der Waals surface area contributed by atoms with Crippen LogP contribution in [0.5, 0.6) is 0 Å². The van der Waals surface area contributed by atoms with Gasteiger partial charge in [-0.25, -0.2) is 0 Å². The maximum atomic E-state index is 5.49. The van der Waals surface area contributed by atoms with Crippen LogP contribution in [0.1, 0.15) is 12.8 Å². The number of hydrogen-bond acceptors (Lipinski definition) is 2. The number of nitrogens with two attached hydrogens (primary N) is 2. The molecule has 0 aromatic carbocycles. The molecule has 2 nitrogen and oxygen atoms in total. The van der Waals surface area contributed by atoms with Crippen molar-refractivity contribution in [3.8, 4) is 0 Å². The average molecular weight is 114 g/mol. The molecule has 1 unspecified atom stereocenters. The summed E-state index contributed by atoms with van der Waals surface area (Å²) in [6.07, 6.45) is 3.70. The van der Waals surface area contributed by atoms with Crippen LogP contribution in [0.2, 0.25) is 0 Å². The summed E-state index contributed by atoms with van der Waals surface area (Å²) >= 11 is 0. The molecule has 0 fully saturated rings. The summed E-state index contributed by atoms with van der Waals surface area (Å²) in [5, 5.41) is 0. The van der Waals surface area contributed by atoms with E-state index in [0.717, 1.165) is 19.4 Å². The second-order valence-electron chi connectivity index (χ2n) is 1.83. The van der Waals surface area contributed by atoms with Gasteiger partial charge in [0, 0.05) is 6.04 Å². The molecule has 0 aromatic heterocycles. The van der Waals surface area contributed by atoms with Gasteiger partial charge < -0.3 is 11.5 Å². The molecule has 2 heteroatoms. The highest BCUT2D eigenvalue weighted by Crippen LogP contribution is 1.91. The molecule has 0 aliphatic carbocycles. The second-order valence-corrected chi connectivity index (χ2v) is 1.83. The second kappa shape index (κ2) is 4.81. The van der Waals surface area contributed by atoms with E-state index in [4.69, 9.17) is 11.5 Å². The SMILES string of the molecule is C=CC(N)CCCN. The Morgan fingerprint density at radius 2 is 2.25 bits per heavy atom. The molecule has 0 aromatic rings. The van der Waals surface area contributed by atoms with Gasteiger partial charge in [0.2, 0.25) is 0 Å². The van der Waals surface area contributed by atoms with Crippen LogP contribution in [0.3, 0.4) is 0 Å². The van der Waals surface area contributed by atoms with Gasteiger partial charge in [-0.3, -0.25) is 0 Å². The maximum Gasteiger partial charge on any atom is 0.0221 e. The van der Waals surface area contributed by atoms with Gasteiger partial charge in [0.1, 0.15) is 0 Å². The van der Waals surface area contributed by atoms with Gasteiger partial charge in [-0.15, -0.1) is 6.58 Å². The fourth-order valence-electron chi connectivity index (χ4n) is 0.471. The first kappa shape index (κ1) is 7.66. The van der Waals surface area contributed by atoms with Gasteiger partial charge >= 0.3 is 0 Å². The van der Waals surface area contributed by atoms with Gasteiger partial charge in [0.25, 0.3) is 0 Å². The van der Waals surface area contributed by atoms with E-state index in [1.807, 2.05) is 0 Å². The summed E-state index contributed by atoms with van der Waals surface area (Å²) < 4.78 is 0. The minimum Gasteiger partial charge on any atom is -0.330 e. The molecule has 0 saturated heterocycles. The first-order chi connectivity index (χ1) is 3.81. The highest BCUT2D eigenvalue weighted by molar-refractivity contribution is 4.81. The molecule has 4 N–H and O–H groups in total. The van der Waals surface area contributed by atoms with Crippen molar-refractivity contribution < 1.29 is 0 Å². The lowest BCUT2D eigenvalue weighted by molar-refractivity contribution is 0.675.